The van der Waals surface area contributed by atoms with E-state index in [0.717, 1.165) is 11.3 Å². The van der Waals surface area contributed by atoms with E-state index >= 15 is 0 Å². The molecule has 1 aromatic carbocycles. The van der Waals surface area contributed by atoms with E-state index in [9.17, 15) is 13.2 Å². The lowest BCUT2D eigenvalue weighted by molar-refractivity contribution is -0.130. The van der Waals surface area contributed by atoms with Gasteiger partial charge in [-0.2, -0.15) is 4.68 Å². The Morgan fingerprint density at radius 3 is 2.70 bits per heavy atom. The van der Waals surface area contributed by atoms with Gasteiger partial charge in [0, 0.05) is 13.1 Å². The Balaban J connectivity index is 1.73. The van der Waals surface area contributed by atoms with E-state index in [-0.39, 0.29) is 23.5 Å². The zero-order chi connectivity index (χ0) is 19.8. The van der Waals surface area contributed by atoms with Crippen LogP contribution in [0.15, 0.2) is 23.4 Å². The first-order chi connectivity index (χ1) is 12.7. The molecule has 0 N–H and O–H groups in total. The first kappa shape index (κ1) is 19.8. The molecule has 2 unspecified atom stereocenters. The molecule has 3 rings (SSSR count). The number of benzene rings is 1. The van der Waals surface area contributed by atoms with Crippen molar-refractivity contribution in [2.24, 2.45) is 0 Å². The van der Waals surface area contributed by atoms with Crippen molar-refractivity contribution in [3.8, 4) is 5.69 Å². The largest absolute Gasteiger partial charge is 0.341 e. The number of thioether (sulfide) groups is 1. The fourth-order valence-corrected chi connectivity index (χ4v) is 5.71. The van der Waals surface area contributed by atoms with Gasteiger partial charge in [0.2, 0.25) is 11.1 Å². The van der Waals surface area contributed by atoms with Crippen molar-refractivity contribution >= 4 is 27.5 Å². The standard InChI is InChI=1S/C17H23N5O3S2/c1-11-5-6-14(9-12(11)2)22-17(18-19-20-22)26-13(3)16(23)21(4)15-7-8-27(24,25)10-15/h5-6,9,13,15H,7-8,10H2,1-4H3. The van der Waals surface area contributed by atoms with Crippen LogP contribution in [0.5, 0.6) is 0 Å². The molecule has 0 aliphatic carbocycles. The average Bonchev–Trinajstić information content (AvgIpc) is 3.22. The van der Waals surface area contributed by atoms with Gasteiger partial charge in [-0.25, -0.2) is 8.42 Å². The van der Waals surface area contributed by atoms with Gasteiger partial charge in [-0.15, -0.1) is 5.10 Å². The lowest BCUT2D eigenvalue weighted by atomic mass is 10.1. The lowest BCUT2D eigenvalue weighted by Crippen LogP contribution is -2.41. The molecule has 27 heavy (non-hydrogen) atoms. The van der Waals surface area contributed by atoms with Crippen molar-refractivity contribution in [2.45, 2.75) is 43.6 Å². The van der Waals surface area contributed by atoms with Crippen LogP contribution < -0.4 is 0 Å². The number of sulfone groups is 1. The highest BCUT2D eigenvalue weighted by molar-refractivity contribution is 8.00. The number of carbonyl (C=O) groups excluding carboxylic acids is 1. The van der Waals surface area contributed by atoms with Crippen molar-refractivity contribution in [2.75, 3.05) is 18.6 Å². The average molecular weight is 410 g/mol. The molecular formula is C17H23N5O3S2. The van der Waals surface area contributed by atoms with Gasteiger partial charge < -0.3 is 4.90 Å². The van der Waals surface area contributed by atoms with Crippen LogP contribution in [-0.4, -0.2) is 69.3 Å². The zero-order valence-corrected chi connectivity index (χ0v) is 17.4. The number of aromatic nitrogens is 4. The molecule has 1 saturated heterocycles. The summed E-state index contributed by atoms with van der Waals surface area (Å²) in [5.41, 5.74) is 3.14. The van der Waals surface area contributed by atoms with E-state index in [1.54, 1.807) is 23.6 Å². The van der Waals surface area contributed by atoms with Crippen molar-refractivity contribution in [3.63, 3.8) is 0 Å². The third-order valence-electron chi connectivity index (χ3n) is 4.91. The van der Waals surface area contributed by atoms with Crippen molar-refractivity contribution in [1.82, 2.24) is 25.1 Å². The highest BCUT2D eigenvalue weighted by Gasteiger charge is 2.34. The summed E-state index contributed by atoms with van der Waals surface area (Å²) in [7, 11) is -1.37. The predicted octanol–water partition coefficient (Wildman–Crippen LogP) is 1.41. The number of aryl methyl sites for hydroxylation is 2. The highest BCUT2D eigenvalue weighted by atomic mass is 32.2. The van der Waals surface area contributed by atoms with E-state index in [1.807, 2.05) is 32.0 Å². The molecule has 1 aliphatic heterocycles. The van der Waals surface area contributed by atoms with Crippen molar-refractivity contribution in [3.05, 3.63) is 29.3 Å². The molecule has 0 saturated carbocycles. The molecule has 1 fully saturated rings. The lowest BCUT2D eigenvalue weighted by Gasteiger charge is -2.26. The number of tetrazole rings is 1. The van der Waals surface area contributed by atoms with Crippen LogP contribution in [0.1, 0.15) is 24.5 Å². The Hall–Kier alpha value is -1.94. The maximum absolute atomic E-state index is 12.7. The van der Waals surface area contributed by atoms with Gasteiger partial charge in [-0.3, -0.25) is 4.79 Å². The van der Waals surface area contributed by atoms with E-state index in [2.05, 4.69) is 15.5 Å². The number of amides is 1. The van der Waals surface area contributed by atoms with Crippen LogP contribution in [0, 0.1) is 13.8 Å². The molecule has 0 radical (unpaired) electrons. The minimum Gasteiger partial charge on any atom is -0.341 e. The summed E-state index contributed by atoms with van der Waals surface area (Å²) in [4.78, 5) is 14.3. The van der Waals surface area contributed by atoms with E-state index in [0.29, 0.717) is 11.6 Å². The quantitative estimate of drug-likeness (QED) is 0.689. The van der Waals surface area contributed by atoms with Gasteiger partial charge in [0.1, 0.15) is 0 Å². The maximum atomic E-state index is 12.7. The van der Waals surface area contributed by atoms with Crippen LogP contribution in [-0.2, 0) is 14.6 Å². The number of hydrogen-bond acceptors (Lipinski definition) is 7. The third kappa shape index (κ3) is 4.32. The fourth-order valence-electron chi connectivity index (χ4n) is 3.03. The zero-order valence-electron chi connectivity index (χ0n) is 15.8. The summed E-state index contributed by atoms with van der Waals surface area (Å²) in [5, 5.41) is 11.9. The Labute approximate surface area is 163 Å². The molecule has 2 aromatic rings. The highest BCUT2D eigenvalue weighted by Crippen LogP contribution is 2.26. The Morgan fingerprint density at radius 1 is 1.33 bits per heavy atom. The van der Waals surface area contributed by atoms with Crippen LogP contribution in [0.25, 0.3) is 5.69 Å². The minimum absolute atomic E-state index is 0.0347. The monoisotopic (exact) mass is 409 g/mol. The molecule has 0 bridgehead atoms. The number of hydrogen-bond donors (Lipinski definition) is 0. The first-order valence-corrected chi connectivity index (χ1v) is 11.4. The molecule has 10 heteroatoms. The second kappa shape index (κ2) is 7.59. The molecule has 1 aliphatic rings. The van der Waals surface area contributed by atoms with E-state index in [4.69, 9.17) is 0 Å². The van der Waals surface area contributed by atoms with Gasteiger partial charge in [0.05, 0.1) is 22.4 Å². The third-order valence-corrected chi connectivity index (χ3v) is 7.68. The van der Waals surface area contributed by atoms with Crippen molar-refractivity contribution < 1.29 is 13.2 Å². The van der Waals surface area contributed by atoms with E-state index in [1.165, 1.54) is 17.3 Å². The number of carbonyl (C=O) groups is 1. The molecule has 1 aromatic heterocycles. The summed E-state index contributed by atoms with van der Waals surface area (Å²) in [6, 6.07) is 5.67. The van der Waals surface area contributed by atoms with Gasteiger partial charge in [-0.05, 0) is 60.9 Å². The van der Waals surface area contributed by atoms with Crippen LogP contribution in [0.2, 0.25) is 0 Å². The summed E-state index contributed by atoms with van der Waals surface area (Å²) >= 11 is 1.26. The van der Waals surface area contributed by atoms with E-state index < -0.39 is 15.1 Å². The fraction of sp³-hybridized carbons (Fsp3) is 0.529. The Kier molecular flexibility index (Phi) is 5.57. The van der Waals surface area contributed by atoms with Crippen molar-refractivity contribution in [1.29, 1.82) is 0 Å². The first-order valence-electron chi connectivity index (χ1n) is 8.68. The molecule has 1 amide bonds. The van der Waals surface area contributed by atoms with Gasteiger partial charge in [0.15, 0.2) is 9.84 Å². The summed E-state index contributed by atoms with van der Waals surface area (Å²) in [5.74, 6) is 0.0474. The number of nitrogens with zero attached hydrogens (tertiary/aromatic N) is 5. The molecule has 2 atom stereocenters. The Morgan fingerprint density at radius 2 is 2.07 bits per heavy atom. The second-order valence-corrected chi connectivity index (χ2v) is 10.4. The SMILES string of the molecule is Cc1ccc(-n2nnnc2SC(C)C(=O)N(C)C2CCS(=O)(=O)C2)cc1C. The maximum Gasteiger partial charge on any atom is 0.235 e. The van der Waals surface area contributed by atoms with Crippen LogP contribution >= 0.6 is 11.8 Å². The number of rotatable bonds is 5. The van der Waals surface area contributed by atoms with Crippen LogP contribution in [0.3, 0.4) is 0 Å². The van der Waals surface area contributed by atoms with Gasteiger partial charge >= 0.3 is 0 Å². The summed E-state index contributed by atoms with van der Waals surface area (Å²) < 4.78 is 25.0. The summed E-state index contributed by atoms with van der Waals surface area (Å²) in [6.45, 7) is 5.84. The Bertz CT molecular complexity index is 957. The predicted molar refractivity (Wildman–Crippen MR) is 104 cm³/mol. The molecule has 8 nitrogen and oxygen atoms in total. The molecular weight excluding hydrogens is 386 g/mol. The van der Waals surface area contributed by atoms with Gasteiger partial charge in [-0.1, -0.05) is 17.8 Å². The summed E-state index contributed by atoms with van der Waals surface area (Å²) in [6.07, 6.45) is 0.488. The molecule has 2 heterocycles. The van der Waals surface area contributed by atoms with Crippen LogP contribution in [0.4, 0.5) is 0 Å². The second-order valence-electron chi connectivity index (χ2n) is 6.91. The smallest absolute Gasteiger partial charge is 0.235 e. The normalized spacial score (nSPS) is 19.8. The topological polar surface area (TPSA) is 98.1 Å². The molecule has 0 spiro atoms. The minimum atomic E-state index is -3.04. The van der Waals surface area contributed by atoms with Gasteiger partial charge in [0.25, 0.3) is 0 Å². The molecule has 146 valence electrons.